The van der Waals surface area contributed by atoms with Crippen LogP contribution in [0.2, 0.25) is 0 Å². The number of carbonyl (C=O) groups is 2. The summed E-state index contributed by atoms with van der Waals surface area (Å²) in [7, 11) is 0. The zero-order valence-electron chi connectivity index (χ0n) is 18.1. The van der Waals surface area contributed by atoms with Crippen LogP contribution < -0.4 is 16.4 Å². The van der Waals surface area contributed by atoms with Crippen molar-refractivity contribution in [3.63, 3.8) is 0 Å². The summed E-state index contributed by atoms with van der Waals surface area (Å²) >= 11 is 5.27. The summed E-state index contributed by atoms with van der Waals surface area (Å²) in [5.74, 6) is 8.91. The van der Waals surface area contributed by atoms with Crippen molar-refractivity contribution < 1.29 is 34.8 Å². The van der Waals surface area contributed by atoms with E-state index < -0.39 is 55.5 Å². The Morgan fingerprint density at radius 1 is 1.29 bits per heavy atom. The number of fused-ring (bicyclic) bond motifs is 1. The van der Waals surface area contributed by atoms with Crippen molar-refractivity contribution in [3.05, 3.63) is 11.0 Å². The van der Waals surface area contributed by atoms with Gasteiger partial charge < -0.3 is 46.5 Å². The molecule has 14 nitrogen and oxygen atoms in total. The number of nitrogens with zero attached hydrogens (tertiary/aromatic N) is 3. The van der Waals surface area contributed by atoms with E-state index in [0.29, 0.717) is 11.2 Å². The first-order valence-electron chi connectivity index (χ1n) is 10.3. The molecule has 35 heavy (non-hydrogen) atoms. The summed E-state index contributed by atoms with van der Waals surface area (Å²) in [6.45, 7) is -0.362. The molecule has 9 N–H and O–H groups in total. The number of carbonyl (C=O) groups excluding carboxylic acids is 1. The smallest absolute Gasteiger partial charge is 0.305 e. The number of carboxylic acid groups (broad SMARTS) is 1. The molecule has 0 aromatic carbocycles. The molecule has 3 rings (SSSR count). The van der Waals surface area contributed by atoms with E-state index in [9.17, 15) is 24.9 Å². The van der Waals surface area contributed by atoms with E-state index in [1.165, 1.54) is 10.9 Å². The van der Waals surface area contributed by atoms with Gasteiger partial charge >= 0.3 is 5.97 Å². The van der Waals surface area contributed by atoms with Gasteiger partial charge in [-0.3, -0.25) is 14.2 Å². The fraction of sp³-hybridized carbons (Fsp3) is 0.450. The Hall–Kier alpha value is -3.57. The Labute approximate surface area is 203 Å². The lowest BCUT2D eigenvalue weighted by Gasteiger charge is -2.17. The van der Waals surface area contributed by atoms with E-state index in [-0.39, 0.29) is 23.7 Å². The Bertz CT molecular complexity index is 1270. The second kappa shape index (κ2) is 11.7. The van der Waals surface area contributed by atoms with Gasteiger partial charge in [-0.25, -0.2) is 9.97 Å². The fourth-order valence-corrected chi connectivity index (χ4v) is 3.41. The summed E-state index contributed by atoms with van der Waals surface area (Å²) in [6.07, 6.45) is -3.60. The number of hydrogen-bond donors (Lipinski definition) is 8. The molecule has 1 aliphatic heterocycles. The number of aliphatic hydroxyl groups is 3. The van der Waals surface area contributed by atoms with Gasteiger partial charge in [0, 0.05) is 0 Å². The number of ether oxygens (including phenoxy) is 1. The van der Waals surface area contributed by atoms with Gasteiger partial charge in [0.05, 0.1) is 38.5 Å². The number of H-pyrrole nitrogens is 1. The monoisotopic (exact) mass is 505 g/mol. The zero-order chi connectivity index (χ0) is 25.5. The van der Waals surface area contributed by atoms with Gasteiger partial charge in [0.2, 0.25) is 11.9 Å². The summed E-state index contributed by atoms with van der Waals surface area (Å²) < 4.78 is 7.17. The molecule has 0 radical (unpaired) electrons. The SMILES string of the molecule is NC(CC(=O)O)C(=O)NCC#CC#CCNc1nc(=S)c2ncn([C@@H]3O[C@H](CO)[C@@H](O)[C@H]3O)c2[nH]1. The van der Waals surface area contributed by atoms with Crippen LogP contribution in [0.25, 0.3) is 11.2 Å². The van der Waals surface area contributed by atoms with Crippen molar-refractivity contribution >= 4 is 41.2 Å². The molecule has 2 aromatic rings. The van der Waals surface area contributed by atoms with Crippen LogP contribution in [0.1, 0.15) is 12.6 Å². The lowest BCUT2D eigenvalue weighted by molar-refractivity contribution is -0.139. The quantitative estimate of drug-likeness (QED) is 0.137. The molecule has 1 aliphatic rings. The van der Waals surface area contributed by atoms with E-state index in [0.717, 1.165) is 0 Å². The van der Waals surface area contributed by atoms with E-state index in [4.69, 9.17) is 27.8 Å². The third-order valence-corrected chi connectivity index (χ3v) is 5.19. The molecular weight excluding hydrogens is 482 g/mol. The standard InChI is InChI=1S/C20H23N7O7S/c21-10(7-12(29)30)17(33)22-5-3-1-2-4-6-23-20-25-16-13(18(35)26-20)24-9-27(16)19-15(32)14(31)11(8-28)34-19/h9-11,14-15,19,28,31-32H,5-8,21H2,(H,22,33)(H,29,30)(H2,23,25,26,35)/t10?,11-,14-,15-,19-/m1/s1. The van der Waals surface area contributed by atoms with Gasteiger partial charge in [0.15, 0.2) is 10.9 Å². The number of nitrogens with two attached hydrogens (primary N) is 1. The number of aliphatic hydroxyl groups excluding tert-OH is 3. The fourth-order valence-electron chi connectivity index (χ4n) is 3.17. The van der Waals surface area contributed by atoms with E-state index in [1.807, 2.05) is 0 Å². The second-order valence-electron chi connectivity index (χ2n) is 7.35. The van der Waals surface area contributed by atoms with E-state index in [2.05, 4.69) is 49.3 Å². The Kier molecular flexibility index (Phi) is 8.72. The van der Waals surface area contributed by atoms with Crippen LogP contribution in [-0.4, -0.2) is 95.9 Å². The zero-order valence-corrected chi connectivity index (χ0v) is 18.9. The number of carboxylic acids is 1. The first-order valence-corrected chi connectivity index (χ1v) is 10.7. The molecule has 0 saturated carbocycles. The molecule has 1 saturated heterocycles. The van der Waals surface area contributed by atoms with Crippen LogP contribution in [0.5, 0.6) is 0 Å². The number of rotatable bonds is 8. The summed E-state index contributed by atoms with van der Waals surface area (Å²) in [5.41, 5.74) is 6.16. The highest BCUT2D eigenvalue weighted by Gasteiger charge is 2.43. The highest BCUT2D eigenvalue weighted by atomic mass is 32.1. The molecule has 5 atom stereocenters. The van der Waals surface area contributed by atoms with Crippen molar-refractivity contribution in [1.29, 1.82) is 0 Å². The van der Waals surface area contributed by atoms with Crippen molar-refractivity contribution in [2.24, 2.45) is 5.73 Å². The number of imidazole rings is 1. The van der Waals surface area contributed by atoms with Crippen molar-refractivity contribution in [2.75, 3.05) is 25.0 Å². The predicted octanol–water partition coefficient (Wildman–Crippen LogP) is -2.56. The van der Waals surface area contributed by atoms with Crippen LogP contribution >= 0.6 is 12.2 Å². The summed E-state index contributed by atoms with van der Waals surface area (Å²) in [4.78, 5) is 33.4. The molecular formula is C20H23N7O7S. The van der Waals surface area contributed by atoms with Gasteiger partial charge in [-0.2, -0.15) is 0 Å². The van der Waals surface area contributed by atoms with Gasteiger partial charge in [0.25, 0.3) is 0 Å². The number of nitrogens with one attached hydrogen (secondary N) is 3. The summed E-state index contributed by atoms with van der Waals surface area (Å²) in [5, 5.41) is 43.5. The predicted molar refractivity (Wildman–Crippen MR) is 123 cm³/mol. The first kappa shape index (κ1) is 26.0. The van der Waals surface area contributed by atoms with Gasteiger partial charge in [-0.15, -0.1) is 0 Å². The summed E-state index contributed by atoms with van der Waals surface area (Å²) in [6, 6.07) is -1.15. The third-order valence-electron chi connectivity index (χ3n) is 4.90. The number of aromatic amines is 1. The maximum absolute atomic E-state index is 11.6. The van der Waals surface area contributed by atoms with Crippen LogP contribution in [-0.2, 0) is 14.3 Å². The molecule has 1 unspecified atom stereocenters. The minimum atomic E-state index is -1.29. The minimum absolute atomic E-state index is 0.0372. The molecule has 0 spiro atoms. The molecule has 1 fully saturated rings. The van der Waals surface area contributed by atoms with Crippen molar-refractivity contribution in [2.45, 2.75) is 37.0 Å². The highest BCUT2D eigenvalue weighted by molar-refractivity contribution is 7.71. The van der Waals surface area contributed by atoms with E-state index in [1.54, 1.807) is 0 Å². The van der Waals surface area contributed by atoms with Crippen LogP contribution in [0.15, 0.2) is 6.33 Å². The minimum Gasteiger partial charge on any atom is -0.481 e. The normalized spacial score (nSPS) is 21.9. The average molecular weight is 506 g/mol. The number of aromatic nitrogens is 4. The lowest BCUT2D eigenvalue weighted by Crippen LogP contribution is -2.42. The van der Waals surface area contributed by atoms with Crippen LogP contribution in [0, 0.1) is 28.3 Å². The molecule has 0 aliphatic carbocycles. The van der Waals surface area contributed by atoms with Crippen LogP contribution in [0.4, 0.5) is 5.95 Å². The molecule has 0 bridgehead atoms. The maximum atomic E-state index is 11.6. The van der Waals surface area contributed by atoms with Crippen LogP contribution in [0.3, 0.4) is 0 Å². The molecule has 2 aromatic heterocycles. The molecule has 186 valence electrons. The van der Waals surface area contributed by atoms with Gasteiger partial charge in [-0.1, -0.05) is 24.1 Å². The molecule has 15 heteroatoms. The second-order valence-corrected chi connectivity index (χ2v) is 7.73. The number of hydrogen-bond acceptors (Lipinski definition) is 11. The largest absolute Gasteiger partial charge is 0.481 e. The van der Waals surface area contributed by atoms with Crippen molar-refractivity contribution in [3.8, 4) is 23.7 Å². The average Bonchev–Trinajstić information content (AvgIpc) is 3.36. The van der Waals surface area contributed by atoms with Gasteiger partial charge in [-0.05, 0) is 11.8 Å². The number of amides is 1. The topological polar surface area (TPSA) is 221 Å². The lowest BCUT2D eigenvalue weighted by atomic mass is 10.1. The number of aliphatic carboxylic acids is 1. The maximum Gasteiger partial charge on any atom is 0.305 e. The Balaban J connectivity index is 1.59. The molecule has 1 amide bonds. The molecule has 3 heterocycles. The van der Waals surface area contributed by atoms with Crippen molar-refractivity contribution in [1.82, 2.24) is 24.8 Å². The van der Waals surface area contributed by atoms with E-state index >= 15 is 0 Å². The van der Waals surface area contributed by atoms with Gasteiger partial charge in [0.1, 0.15) is 29.5 Å². The Morgan fingerprint density at radius 2 is 2.00 bits per heavy atom. The third kappa shape index (κ3) is 6.31. The highest BCUT2D eigenvalue weighted by Crippen LogP contribution is 2.31. The first-order chi connectivity index (χ1) is 16.7. The Morgan fingerprint density at radius 3 is 2.66 bits per heavy atom. The number of anilines is 1.